The third kappa shape index (κ3) is 4.04. The summed E-state index contributed by atoms with van der Waals surface area (Å²) in [7, 11) is 0. The van der Waals surface area contributed by atoms with Crippen molar-refractivity contribution in [3.05, 3.63) is 10.8 Å². The van der Waals surface area contributed by atoms with Gasteiger partial charge in [0.15, 0.2) is 0 Å². The van der Waals surface area contributed by atoms with Gasteiger partial charge in [0.1, 0.15) is 22.4 Å². The molecule has 0 saturated carbocycles. The smallest absolute Gasteiger partial charge is 0.146 e. The Bertz CT molecular complexity index is 388. The van der Waals surface area contributed by atoms with Gasteiger partial charge in [-0.3, -0.25) is 0 Å². The Morgan fingerprint density at radius 2 is 1.84 bits per heavy atom. The normalized spacial score (nSPS) is 11.4. The molecule has 0 atom stereocenters. The van der Waals surface area contributed by atoms with Crippen LogP contribution >= 0.6 is 15.9 Å². The Labute approximate surface area is 123 Å². The van der Waals surface area contributed by atoms with Gasteiger partial charge in [-0.25, -0.2) is 9.97 Å². The van der Waals surface area contributed by atoms with Crippen LogP contribution in [-0.2, 0) is 0 Å². The molecule has 0 spiro atoms. The van der Waals surface area contributed by atoms with E-state index < -0.39 is 0 Å². The van der Waals surface area contributed by atoms with Crippen LogP contribution in [-0.4, -0.2) is 33.8 Å². The third-order valence-corrected chi connectivity index (χ3v) is 4.12. The average molecular weight is 331 g/mol. The zero-order valence-corrected chi connectivity index (χ0v) is 13.4. The first-order valence-electron chi connectivity index (χ1n) is 6.75. The molecule has 0 bridgehead atoms. The molecule has 0 radical (unpaired) electrons. The summed E-state index contributed by atoms with van der Waals surface area (Å²) >= 11 is 3.52. The van der Waals surface area contributed by atoms with Gasteiger partial charge in [0.05, 0.1) is 12.1 Å². The summed E-state index contributed by atoms with van der Waals surface area (Å²) in [6.07, 6.45) is 4.21. The average Bonchev–Trinajstić information content (AvgIpc) is 2.45. The van der Waals surface area contributed by atoms with E-state index in [-0.39, 0.29) is 12.1 Å². The van der Waals surface area contributed by atoms with Crippen molar-refractivity contribution in [3.8, 4) is 0 Å². The van der Waals surface area contributed by atoms with Crippen molar-refractivity contribution in [1.82, 2.24) is 9.97 Å². The lowest BCUT2D eigenvalue weighted by Gasteiger charge is -2.31. The Hall–Kier alpha value is -0.880. The fraction of sp³-hybridized carbons (Fsp3) is 0.692. The number of aliphatic hydroxyl groups excluding tert-OH is 1. The molecule has 0 aliphatic rings. The molecule has 1 aromatic rings. The van der Waals surface area contributed by atoms with E-state index in [1.807, 2.05) is 0 Å². The van der Waals surface area contributed by atoms with Gasteiger partial charge in [0.25, 0.3) is 0 Å². The molecule has 1 rings (SSSR count). The zero-order chi connectivity index (χ0) is 14.3. The minimum atomic E-state index is -0.334. The highest BCUT2D eigenvalue weighted by Gasteiger charge is 2.26. The standard InChI is InChI=1S/C13H23BrN4O/c1-4-7-15-11-10(14)12(17-9-16-11)18-13(5-2,6-3)8-19/h9,19H,4-8H2,1-3H3,(H2,15,16,17,18). The van der Waals surface area contributed by atoms with Gasteiger partial charge in [0.2, 0.25) is 0 Å². The molecule has 0 aromatic carbocycles. The number of anilines is 2. The molecule has 0 unspecified atom stereocenters. The summed E-state index contributed by atoms with van der Waals surface area (Å²) < 4.78 is 0.808. The highest BCUT2D eigenvalue weighted by molar-refractivity contribution is 9.10. The Morgan fingerprint density at radius 1 is 1.21 bits per heavy atom. The fourth-order valence-corrected chi connectivity index (χ4v) is 2.21. The van der Waals surface area contributed by atoms with E-state index in [4.69, 9.17) is 0 Å². The first-order valence-corrected chi connectivity index (χ1v) is 7.55. The highest BCUT2D eigenvalue weighted by Crippen LogP contribution is 2.30. The summed E-state index contributed by atoms with van der Waals surface area (Å²) in [4.78, 5) is 8.47. The molecule has 5 nitrogen and oxygen atoms in total. The van der Waals surface area contributed by atoms with Gasteiger partial charge in [-0.1, -0.05) is 20.8 Å². The van der Waals surface area contributed by atoms with E-state index in [9.17, 15) is 5.11 Å². The van der Waals surface area contributed by atoms with Crippen LogP contribution < -0.4 is 10.6 Å². The number of nitrogens with one attached hydrogen (secondary N) is 2. The van der Waals surface area contributed by atoms with Crippen LogP contribution in [0.5, 0.6) is 0 Å². The number of aliphatic hydroxyl groups is 1. The van der Waals surface area contributed by atoms with Gasteiger partial charge in [-0.05, 0) is 35.2 Å². The summed E-state index contributed by atoms with van der Waals surface area (Å²) in [6, 6.07) is 0. The predicted molar refractivity (Wildman–Crippen MR) is 82.5 cm³/mol. The lowest BCUT2D eigenvalue weighted by atomic mass is 9.94. The number of hydrogen-bond acceptors (Lipinski definition) is 5. The largest absolute Gasteiger partial charge is 0.394 e. The summed E-state index contributed by atoms with van der Waals surface area (Å²) in [5.74, 6) is 1.49. The molecule has 0 aliphatic heterocycles. The highest BCUT2D eigenvalue weighted by atomic mass is 79.9. The van der Waals surface area contributed by atoms with Gasteiger partial charge in [0, 0.05) is 6.54 Å². The maximum absolute atomic E-state index is 9.60. The van der Waals surface area contributed by atoms with Crippen molar-refractivity contribution in [2.24, 2.45) is 0 Å². The molecule has 108 valence electrons. The lowest BCUT2D eigenvalue weighted by Crippen LogP contribution is -2.41. The van der Waals surface area contributed by atoms with Gasteiger partial charge in [-0.2, -0.15) is 0 Å². The molecular formula is C13H23BrN4O. The summed E-state index contributed by atoms with van der Waals surface area (Å²) in [5, 5.41) is 16.2. The van der Waals surface area contributed by atoms with Crippen LogP contribution in [0.25, 0.3) is 0 Å². The lowest BCUT2D eigenvalue weighted by molar-refractivity contribution is 0.202. The molecule has 0 aliphatic carbocycles. The molecule has 1 aromatic heterocycles. The first kappa shape index (κ1) is 16.2. The van der Waals surface area contributed by atoms with Crippen LogP contribution in [0.1, 0.15) is 40.0 Å². The van der Waals surface area contributed by atoms with Crippen molar-refractivity contribution in [3.63, 3.8) is 0 Å². The van der Waals surface area contributed by atoms with E-state index in [1.54, 1.807) is 0 Å². The number of aromatic nitrogens is 2. The second-order valence-electron chi connectivity index (χ2n) is 4.58. The van der Waals surface area contributed by atoms with E-state index >= 15 is 0 Å². The number of hydrogen-bond donors (Lipinski definition) is 3. The van der Waals surface area contributed by atoms with Crippen LogP contribution in [0.2, 0.25) is 0 Å². The maximum Gasteiger partial charge on any atom is 0.146 e. The van der Waals surface area contributed by atoms with Crippen LogP contribution in [0.4, 0.5) is 11.6 Å². The SMILES string of the molecule is CCCNc1ncnc(NC(CC)(CC)CO)c1Br. The molecule has 6 heteroatoms. The topological polar surface area (TPSA) is 70.1 Å². The van der Waals surface area contributed by atoms with Crippen molar-refractivity contribution in [2.75, 3.05) is 23.8 Å². The molecule has 19 heavy (non-hydrogen) atoms. The van der Waals surface area contributed by atoms with Gasteiger partial charge >= 0.3 is 0 Å². The molecule has 1 heterocycles. The molecule has 0 fully saturated rings. The van der Waals surface area contributed by atoms with E-state index in [0.29, 0.717) is 5.82 Å². The van der Waals surface area contributed by atoms with Crippen LogP contribution in [0.15, 0.2) is 10.8 Å². The Morgan fingerprint density at radius 3 is 2.37 bits per heavy atom. The summed E-state index contributed by atoms with van der Waals surface area (Å²) in [6.45, 7) is 7.15. The quantitative estimate of drug-likeness (QED) is 0.683. The second kappa shape index (κ2) is 7.65. The first-order chi connectivity index (χ1) is 9.12. The Kier molecular flexibility index (Phi) is 6.51. The molecule has 0 saturated heterocycles. The third-order valence-electron chi connectivity index (χ3n) is 3.37. The van der Waals surface area contributed by atoms with Crippen molar-refractivity contribution in [1.29, 1.82) is 0 Å². The molecule has 3 N–H and O–H groups in total. The van der Waals surface area contributed by atoms with E-state index in [0.717, 1.165) is 36.1 Å². The van der Waals surface area contributed by atoms with E-state index in [1.165, 1.54) is 6.33 Å². The zero-order valence-electron chi connectivity index (χ0n) is 11.8. The van der Waals surface area contributed by atoms with Crippen molar-refractivity contribution in [2.45, 2.75) is 45.6 Å². The second-order valence-corrected chi connectivity index (χ2v) is 5.38. The Balaban J connectivity index is 2.94. The molecular weight excluding hydrogens is 308 g/mol. The van der Waals surface area contributed by atoms with Gasteiger partial charge < -0.3 is 15.7 Å². The minimum absolute atomic E-state index is 0.0775. The predicted octanol–water partition coefficient (Wildman–Crippen LogP) is 3.02. The van der Waals surface area contributed by atoms with Crippen LogP contribution in [0, 0.1) is 0 Å². The van der Waals surface area contributed by atoms with Crippen molar-refractivity contribution >= 4 is 27.6 Å². The molecule has 0 amide bonds. The van der Waals surface area contributed by atoms with Crippen LogP contribution in [0.3, 0.4) is 0 Å². The summed E-state index contributed by atoms with van der Waals surface area (Å²) in [5.41, 5.74) is -0.334. The van der Waals surface area contributed by atoms with Crippen molar-refractivity contribution < 1.29 is 5.11 Å². The number of halogens is 1. The number of rotatable bonds is 8. The number of nitrogens with zero attached hydrogens (tertiary/aromatic N) is 2. The van der Waals surface area contributed by atoms with E-state index in [2.05, 4.69) is 57.3 Å². The fourth-order valence-electron chi connectivity index (χ4n) is 1.76. The van der Waals surface area contributed by atoms with Gasteiger partial charge in [-0.15, -0.1) is 0 Å². The monoisotopic (exact) mass is 330 g/mol. The minimum Gasteiger partial charge on any atom is -0.394 e. The maximum atomic E-state index is 9.60.